The summed E-state index contributed by atoms with van der Waals surface area (Å²) in [6, 6.07) is 6.56. The van der Waals surface area contributed by atoms with Gasteiger partial charge >= 0.3 is 0 Å². The van der Waals surface area contributed by atoms with Crippen LogP contribution in [0.15, 0.2) is 29.2 Å². The summed E-state index contributed by atoms with van der Waals surface area (Å²) in [6.45, 7) is 1.67. The Morgan fingerprint density at radius 2 is 1.84 bits per heavy atom. The van der Waals surface area contributed by atoms with Gasteiger partial charge in [0, 0.05) is 13.1 Å². The molecule has 0 bridgehead atoms. The average molecular weight is 325 g/mol. The van der Waals surface area contributed by atoms with E-state index in [9.17, 15) is 8.42 Å². The Bertz CT molecular complexity index is 514. The minimum Gasteiger partial charge on any atom is -0.330 e. The van der Waals surface area contributed by atoms with Crippen LogP contribution in [-0.2, 0) is 10.0 Å². The highest BCUT2D eigenvalue weighted by molar-refractivity contribution is 7.89. The first kappa shape index (κ1) is 16.7. The monoisotopic (exact) mass is 324 g/mol. The summed E-state index contributed by atoms with van der Waals surface area (Å²) in [5.74, 6) is 0.433. The first-order valence-corrected chi connectivity index (χ1v) is 7.82. The molecule has 1 aliphatic heterocycles. The van der Waals surface area contributed by atoms with Gasteiger partial charge in [-0.2, -0.15) is 4.31 Å². The van der Waals surface area contributed by atoms with Gasteiger partial charge in [0.25, 0.3) is 0 Å². The molecule has 2 rings (SSSR count). The van der Waals surface area contributed by atoms with Crippen LogP contribution in [0.25, 0.3) is 0 Å². The average Bonchev–Trinajstić information content (AvgIpc) is 2.39. The van der Waals surface area contributed by atoms with E-state index in [0.717, 1.165) is 12.8 Å². The van der Waals surface area contributed by atoms with Crippen LogP contribution in [0, 0.1) is 5.92 Å². The molecule has 1 fully saturated rings. The first-order valence-electron chi connectivity index (χ1n) is 6.00. The molecular weight excluding hydrogens is 307 g/mol. The van der Waals surface area contributed by atoms with Gasteiger partial charge in [0.2, 0.25) is 10.0 Å². The Kier molecular flexibility index (Phi) is 6.08. The number of hydrogen-bond donors (Lipinski definition) is 1. The van der Waals surface area contributed by atoms with Gasteiger partial charge in [0.1, 0.15) is 4.90 Å². The van der Waals surface area contributed by atoms with Gasteiger partial charge in [-0.15, -0.1) is 12.4 Å². The summed E-state index contributed by atoms with van der Waals surface area (Å²) in [5, 5.41) is 0.276. The number of piperidine rings is 1. The van der Waals surface area contributed by atoms with Gasteiger partial charge in [-0.3, -0.25) is 0 Å². The fraction of sp³-hybridized carbons (Fsp3) is 0.500. The van der Waals surface area contributed by atoms with Gasteiger partial charge in [-0.1, -0.05) is 23.7 Å². The van der Waals surface area contributed by atoms with Crippen molar-refractivity contribution in [3.63, 3.8) is 0 Å². The number of rotatable bonds is 3. The Balaban J connectivity index is 0.00000180. The van der Waals surface area contributed by atoms with Crippen LogP contribution in [0.1, 0.15) is 12.8 Å². The second kappa shape index (κ2) is 6.90. The van der Waals surface area contributed by atoms with E-state index in [1.54, 1.807) is 24.3 Å². The number of sulfonamides is 1. The van der Waals surface area contributed by atoms with Crippen molar-refractivity contribution in [1.82, 2.24) is 4.31 Å². The maximum Gasteiger partial charge on any atom is 0.244 e. The van der Waals surface area contributed by atoms with Crippen molar-refractivity contribution < 1.29 is 8.42 Å². The Morgan fingerprint density at radius 3 is 2.37 bits per heavy atom. The largest absolute Gasteiger partial charge is 0.330 e. The summed E-state index contributed by atoms with van der Waals surface area (Å²) in [7, 11) is -3.46. The zero-order valence-corrected chi connectivity index (χ0v) is 12.8. The molecule has 108 valence electrons. The molecule has 1 saturated heterocycles. The van der Waals surface area contributed by atoms with E-state index in [1.165, 1.54) is 4.31 Å². The standard InChI is InChI=1S/C12H17ClN2O2S.ClH/c13-11-3-1-2-4-12(11)18(16,17)15-7-5-10(9-14)6-8-15;/h1-4,10H,5-9,14H2;1H. The van der Waals surface area contributed by atoms with Gasteiger partial charge < -0.3 is 5.73 Å². The fourth-order valence-corrected chi connectivity index (χ4v) is 4.14. The third-order valence-electron chi connectivity index (χ3n) is 3.36. The van der Waals surface area contributed by atoms with Gasteiger partial charge in [-0.25, -0.2) is 8.42 Å². The lowest BCUT2D eigenvalue weighted by atomic mass is 9.99. The SMILES string of the molecule is Cl.NCC1CCN(S(=O)(=O)c2ccccc2Cl)CC1. The van der Waals surface area contributed by atoms with Crippen molar-refractivity contribution in [1.29, 1.82) is 0 Å². The Morgan fingerprint density at radius 1 is 1.26 bits per heavy atom. The highest BCUT2D eigenvalue weighted by atomic mass is 35.5. The van der Waals surface area contributed by atoms with Gasteiger partial charge in [-0.05, 0) is 37.4 Å². The van der Waals surface area contributed by atoms with Crippen molar-refractivity contribution in [2.45, 2.75) is 17.7 Å². The number of nitrogens with zero attached hydrogens (tertiary/aromatic N) is 1. The van der Waals surface area contributed by atoms with Crippen LogP contribution in [0.4, 0.5) is 0 Å². The van der Waals surface area contributed by atoms with Crippen molar-refractivity contribution in [2.24, 2.45) is 11.7 Å². The third-order valence-corrected chi connectivity index (χ3v) is 5.76. The summed E-state index contributed by atoms with van der Waals surface area (Å²) in [5.41, 5.74) is 5.60. The first-order chi connectivity index (χ1) is 8.55. The molecule has 1 aromatic carbocycles. The van der Waals surface area contributed by atoms with Crippen LogP contribution < -0.4 is 5.73 Å². The van der Waals surface area contributed by atoms with E-state index in [-0.39, 0.29) is 22.3 Å². The Labute approximate surface area is 125 Å². The molecule has 0 aromatic heterocycles. The van der Waals surface area contributed by atoms with E-state index >= 15 is 0 Å². The van der Waals surface area contributed by atoms with Crippen LogP contribution in [0.5, 0.6) is 0 Å². The van der Waals surface area contributed by atoms with Crippen LogP contribution in [-0.4, -0.2) is 32.4 Å². The molecule has 19 heavy (non-hydrogen) atoms. The molecule has 0 spiro atoms. The topological polar surface area (TPSA) is 63.4 Å². The third kappa shape index (κ3) is 3.61. The summed E-state index contributed by atoms with van der Waals surface area (Å²) < 4.78 is 26.3. The number of nitrogens with two attached hydrogens (primary N) is 1. The number of halogens is 2. The van der Waals surface area contributed by atoms with Crippen LogP contribution >= 0.6 is 24.0 Å². The molecule has 2 N–H and O–H groups in total. The van der Waals surface area contributed by atoms with E-state index in [4.69, 9.17) is 17.3 Å². The predicted molar refractivity (Wildman–Crippen MR) is 79.2 cm³/mol. The van der Waals surface area contributed by atoms with Crippen LogP contribution in [0.3, 0.4) is 0 Å². The highest BCUT2D eigenvalue weighted by Crippen LogP contribution is 2.27. The van der Waals surface area contributed by atoms with Crippen molar-refractivity contribution in [3.05, 3.63) is 29.3 Å². The molecule has 0 saturated carbocycles. The number of benzene rings is 1. The van der Waals surface area contributed by atoms with E-state index in [2.05, 4.69) is 0 Å². The molecule has 1 heterocycles. The zero-order valence-electron chi connectivity index (χ0n) is 10.5. The fourth-order valence-electron chi connectivity index (χ4n) is 2.18. The molecule has 0 atom stereocenters. The maximum atomic E-state index is 12.4. The second-order valence-corrected chi connectivity index (χ2v) is 6.83. The van der Waals surface area contributed by atoms with Crippen molar-refractivity contribution >= 4 is 34.0 Å². The van der Waals surface area contributed by atoms with Gasteiger partial charge in [0.05, 0.1) is 5.02 Å². The smallest absolute Gasteiger partial charge is 0.244 e. The summed E-state index contributed by atoms with van der Waals surface area (Å²) >= 11 is 5.96. The molecule has 0 radical (unpaired) electrons. The lowest BCUT2D eigenvalue weighted by Crippen LogP contribution is -2.40. The maximum absolute atomic E-state index is 12.4. The van der Waals surface area contributed by atoms with Gasteiger partial charge in [0.15, 0.2) is 0 Å². The molecule has 4 nitrogen and oxygen atoms in total. The Hall–Kier alpha value is -0.330. The lowest BCUT2D eigenvalue weighted by molar-refractivity contribution is 0.278. The molecule has 0 aliphatic carbocycles. The molecule has 7 heteroatoms. The van der Waals surface area contributed by atoms with E-state index < -0.39 is 10.0 Å². The molecule has 0 unspecified atom stereocenters. The van der Waals surface area contributed by atoms with Crippen molar-refractivity contribution in [2.75, 3.05) is 19.6 Å². The quantitative estimate of drug-likeness (QED) is 0.926. The zero-order chi connectivity index (χ0) is 13.2. The normalized spacial score (nSPS) is 18.0. The lowest BCUT2D eigenvalue weighted by Gasteiger charge is -2.30. The summed E-state index contributed by atoms with van der Waals surface area (Å²) in [4.78, 5) is 0.192. The van der Waals surface area contributed by atoms with Crippen LogP contribution in [0.2, 0.25) is 5.02 Å². The minimum absolute atomic E-state index is 0. The second-order valence-electron chi connectivity index (χ2n) is 4.51. The predicted octanol–water partition coefficient (Wildman–Crippen LogP) is 2.12. The molecular formula is C12H18Cl2N2O2S. The van der Waals surface area contributed by atoms with Crippen molar-refractivity contribution in [3.8, 4) is 0 Å². The molecule has 1 aromatic rings. The minimum atomic E-state index is -3.46. The van der Waals surface area contributed by atoms with E-state index in [1.807, 2.05) is 0 Å². The summed E-state index contributed by atoms with van der Waals surface area (Å²) in [6.07, 6.45) is 1.64. The molecule has 1 aliphatic rings. The number of hydrogen-bond acceptors (Lipinski definition) is 3. The highest BCUT2D eigenvalue weighted by Gasteiger charge is 2.30. The van der Waals surface area contributed by atoms with E-state index in [0.29, 0.717) is 25.6 Å². The molecule has 0 amide bonds.